The molecule has 1 unspecified atom stereocenters. The maximum atomic E-state index is 11.0. The van der Waals surface area contributed by atoms with E-state index in [9.17, 15) is 4.57 Å². The first kappa shape index (κ1) is 12.7. The lowest BCUT2D eigenvalue weighted by Gasteiger charge is -2.10. The van der Waals surface area contributed by atoms with Crippen molar-refractivity contribution in [3.63, 3.8) is 0 Å². The Balaban J connectivity index is 2.56. The van der Waals surface area contributed by atoms with Crippen LogP contribution in [-0.2, 0) is 11.0 Å². The third kappa shape index (κ3) is 2.75. The third-order valence-corrected chi connectivity index (χ3v) is 3.38. The molecule has 0 fully saturated rings. The molecule has 1 atom stereocenters. The highest BCUT2D eigenvalue weighted by atomic mass is 31.1. The second kappa shape index (κ2) is 6.28. The normalized spacial score (nSPS) is 11.7. The van der Waals surface area contributed by atoms with Crippen molar-refractivity contribution in [1.82, 2.24) is 0 Å². The van der Waals surface area contributed by atoms with Crippen LogP contribution in [-0.4, -0.2) is 0 Å². The van der Waals surface area contributed by atoms with Crippen molar-refractivity contribution in [3.05, 3.63) is 77.1 Å². The van der Waals surface area contributed by atoms with Gasteiger partial charge >= 0.3 is 8.46 Å². The Bertz CT molecular complexity index is 558. The van der Waals surface area contributed by atoms with Crippen molar-refractivity contribution >= 4 is 14.0 Å². The van der Waals surface area contributed by atoms with Gasteiger partial charge in [0, 0.05) is 5.57 Å². The van der Waals surface area contributed by atoms with Crippen molar-refractivity contribution in [1.29, 1.82) is 0 Å². The lowest BCUT2D eigenvalue weighted by Crippen LogP contribution is -1.93. The highest BCUT2D eigenvalue weighted by molar-refractivity contribution is 7.28. The molecule has 0 aliphatic heterocycles. The molecule has 0 aromatic heterocycles. The van der Waals surface area contributed by atoms with Gasteiger partial charge in [-0.15, -0.1) is 0 Å². The summed E-state index contributed by atoms with van der Waals surface area (Å²) in [6.45, 7) is 2.14. The second-order valence-corrected chi connectivity index (χ2v) is 4.58. The minimum atomic E-state index is -0.425. The van der Waals surface area contributed by atoms with Gasteiger partial charge < -0.3 is 0 Å². The quantitative estimate of drug-likeness (QED) is 0.726. The molecule has 0 aliphatic rings. The SMILES string of the molecule is CCc1ccccc1C(=C[PH+]=O)c1ccccc1. The molecule has 0 spiro atoms. The maximum absolute atomic E-state index is 11.0. The fourth-order valence-electron chi connectivity index (χ4n) is 2.08. The first-order valence-electron chi connectivity index (χ1n) is 6.08. The van der Waals surface area contributed by atoms with Gasteiger partial charge in [0.15, 0.2) is 5.82 Å². The van der Waals surface area contributed by atoms with Gasteiger partial charge in [-0.3, -0.25) is 0 Å². The summed E-state index contributed by atoms with van der Waals surface area (Å²) in [5, 5.41) is 0. The van der Waals surface area contributed by atoms with E-state index in [-0.39, 0.29) is 0 Å². The minimum absolute atomic E-state index is 0.425. The van der Waals surface area contributed by atoms with Crippen LogP contribution in [0, 0.1) is 0 Å². The molecule has 0 N–H and O–H groups in total. The van der Waals surface area contributed by atoms with E-state index in [0.717, 1.165) is 17.6 Å². The van der Waals surface area contributed by atoms with Crippen molar-refractivity contribution in [3.8, 4) is 0 Å². The molecule has 2 aromatic rings. The van der Waals surface area contributed by atoms with Crippen LogP contribution in [0.1, 0.15) is 23.6 Å². The second-order valence-electron chi connectivity index (χ2n) is 4.05. The highest BCUT2D eigenvalue weighted by Gasteiger charge is 2.10. The smallest absolute Gasteiger partial charge is 0.0714 e. The Kier molecular flexibility index (Phi) is 4.44. The van der Waals surface area contributed by atoms with E-state index in [0.29, 0.717) is 0 Å². The summed E-state index contributed by atoms with van der Waals surface area (Å²) in [6.07, 6.45) is 0.975. The number of hydrogen-bond acceptors (Lipinski definition) is 1. The topological polar surface area (TPSA) is 17.1 Å². The number of benzene rings is 2. The van der Waals surface area contributed by atoms with Crippen LogP contribution in [0.2, 0.25) is 0 Å². The molecule has 1 nitrogen and oxygen atoms in total. The van der Waals surface area contributed by atoms with Crippen LogP contribution in [0.5, 0.6) is 0 Å². The molecule has 0 saturated carbocycles. The van der Waals surface area contributed by atoms with Gasteiger partial charge in [0.1, 0.15) is 0 Å². The van der Waals surface area contributed by atoms with E-state index in [2.05, 4.69) is 31.2 Å². The van der Waals surface area contributed by atoms with E-state index in [4.69, 9.17) is 0 Å². The van der Waals surface area contributed by atoms with Gasteiger partial charge in [-0.05, 0) is 23.1 Å². The molecule has 0 heterocycles. The zero-order chi connectivity index (χ0) is 12.8. The van der Waals surface area contributed by atoms with Crippen LogP contribution < -0.4 is 0 Å². The van der Waals surface area contributed by atoms with Crippen molar-refractivity contribution in [2.24, 2.45) is 0 Å². The Morgan fingerprint density at radius 3 is 2.39 bits per heavy atom. The summed E-state index contributed by atoms with van der Waals surface area (Å²) in [4.78, 5) is 0. The summed E-state index contributed by atoms with van der Waals surface area (Å²) >= 11 is 0. The Labute approximate surface area is 109 Å². The lowest BCUT2D eigenvalue weighted by molar-refractivity contribution is 0.603. The molecule has 2 rings (SSSR count). The van der Waals surface area contributed by atoms with Gasteiger partial charge in [0.2, 0.25) is 0 Å². The molecule has 0 amide bonds. The first-order chi connectivity index (χ1) is 8.86. The molecule has 2 aromatic carbocycles. The van der Waals surface area contributed by atoms with E-state index >= 15 is 0 Å². The summed E-state index contributed by atoms with van der Waals surface area (Å²) in [7, 11) is -0.425. The predicted octanol–water partition coefficient (Wildman–Crippen LogP) is 4.66. The number of hydrogen-bond donors (Lipinski definition) is 0. The number of rotatable bonds is 4. The fraction of sp³-hybridized carbons (Fsp3) is 0.125. The molecule has 18 heavy (non-hydrogen) atoms. The molecule has 0 bridgehead atoms. The Morgan fingerprint density at radius 1 is 1.06 bits per heavy atom. The largest absolute Gasteiger partial charge is 0.356 e. The monoisotopic (exact) mass is 255 g/mol. The molecule has 90 valence electrons. The lowest BCUT2D eigenvalue weighted by atomic mass is 9.94. The average Bonchev–Trinajstić information content (AvgIpc) is 2.46. The molecular formula is C16H16OP+. The first-order valence-corrected chi connectivity index (χ1v) is 7.07. The van der Waals surface area contributed by atoms with Crippen molar-refractivity contribution in [2.75, 3.05) is 0 Å². The maximum Gasteiger partial charge on any atom is 0.356 e. The van der Waals surface area contributed by atoms with Gasteiger partial charge in [-0.25, -0.2) is 0 Å². The molecule has 0 saturated heterocycles. The van der Waals surface area contributed by atoms with E-state index in [1.165, 1.54) is 11.1 Å². The van der Waals surface area contributed by atoms with E-state index < -0.39 is 8.46 Å². The summed E-state index contributed by atoms with van der Waals surface area (Å²) in [5.74, 6) is 1.80. The van der Waals surface area contributed by atoms with Crippen LogP contribution in [0.25, 0.3) is 5.57 Å². The van der Waals surface area contributed by atoms with Gasteiger partial charge in [-0.2, -0.15) is 0 Å². The van der Waals surface area contributed by atoms with Crippen LogP contribution >= 0.6 is 8.46 Å². The minimum Gasteiger partial charge on any atom is -0.0714 e. The summed E-state index contributed by atoms with van der Waals surface area (Å²) in [6, 6.07) is 18.4. The summed E-state index contributed by atoms with van der Waals surface area (Å²) < 4.78 is 11.0. The fourth-order valence-corrected chi connectivity index (χ4v) is 2.52. The van der Waals surface area contributed by atoms with Crippen LogP contribution in [0.4, 0.5) is 0 Å². The van der Waals surface area contributed by atoms with E-state index in [1.807, 2.05) is 30.3 Å². The predicted molar refractivity (Wildman–Crippen MR) is 78.3 cm³/mol. The molecular weight excluding hydrogens is 239 g/mol. The third-order valence-electron chi connectivity index (χ3n) is 2.98. The standard InChI is InChI=1S/C16H15OP/c1-2-13-8-6-7-11-15(13)16(12-18-17)14-9-4-3-5-10-14/h3-12H,2H2,1H3/p+1. The van der Waals surface area contributed by atoms with Gasteiger partial charge in [0.25, 0.3) is 0 Å². The molecule has 2 heteroatoms. The van der Waals surface area contributed by atoms with Gasteiger partial charge in [-0.1, -0.05) is 66.1 Å². The zero-order valence-electron chi connectivity index (χ0n) is 10.4. The number of aryl methyl sites for hydroxylation is 1. The Hall–Kier alpha value is -1.72. The van der Waals surface area contributed by atoms with E-state index in [1.54, 1.807) is 5.82 Å². The Morgan fingerprint density at radius 2 is 1.72 bits per heavy atom. The summed E-state index contributed by atoms with van der Waals surface area (Å²) in [5.41, 5.74) is 4.63. The highest BCUT2D eigenvalue weighted by Crippen LogP contribution is 2.28. The van der Waals surface area contributed by atoms with Crippen LogP contribution in [0.15, 0.2) is 60.4 Å². The molecule has 0 radical (unpaired) electrons. The van der Waals surface area contributed by atoms with Crippen molar-refractivity contribution in [2.45, 2.75) is 13.3 Å². The zero-order valence-corrected chi connectivity index (χ0v) is 11.4. The molecule has 0 aliphatic carbocycles. The van der Waals surface area contributed by atoms with Crippen LogP contribution in [0.3, 0.4) is 0 Å². The van der Waals surface area contributed by atoms with Gasteiger partial charge in [0.05, 0.1) is 0 Å². The van der Waals surface area contributed by atoms with Crippen molar-refractivity contribution < 1.29 is 4.57 Å². The average molecular weight is 255 g/mol.